The molecular formula is C35H45N5O6S. The SMILES string of the molecule is CCN(CC)C(C)OC(=O)N=C(N)c1cccc(CN(CC2CCCCC2)C(=O)Oc2ccc(-c3ccccc3S(N)(=O)=O)cc2)c1. The standard InChI is InChI=1S/C35H45N5O6S/c1-4-39(5-2)25(3)45-34(41)38-33(36)29-15-11-14-27(22-29)24-40(23-26-12-7-6-8-13-26)35(42)46-30-20-18-28(19-21-30)31-16-9-10-17-32(31)47(37,43)44/h9-11,14-22,25-26H,4-8,12-13,23-24H2,1-3H3,(H2,36,38,41)(H2,37,43,44). The zero-order valence-electron chi connectivity index (χ0n) is 27.3. The van der Waals surface area contributed by atoms with Gasteiger partial charge in [0.05, 0.1) is 4.90 Å². The van der Waals surface area contributed by atoms with Crippen molar-refractivity contribution in [1.29, 1.82) is 0 Å². The van der Waals surface area contributed by atoms with E-state index in [0.717, 1.165) is 44.3 Å². The first-order chi connectivity index (χ1) is 22.5. The van der Waals surface area contributed by atoms with Crippen LogP contribution in [0.2, 0.25) is 0 Å². The Morgan fingerprint density at radius 3 is 2.30 bits per heavy atom. The van der Waals surface area contributed by atoms with Gasteiger partial charge in [-0.2, -0.15) is 4.99 Å². The van der Waals surface area contributed by atoms with Crippen LogP contribution in [0.15, 0.2) is 82.7 Å². The van der Waals surface area contributed by atoms with Gasteiger partial charge in [0, 0.05) is 24.2 Å². The lowest BCUT2D eigenvalue weighted by atomic mass is 9.89. The van der Waals surface area contributed by atoms with E-state index in [1.54, 1.807) is 72.5 Å². The van der Waals surface area contributed by atoms with Gasteiger partial charge in [-0.15, -0.1) is 0 Å². The van der Waals surface area contributed by atoms with Crippen molar-refractivity contribution in [3.05, 3.63) is 83.9 Å². The molecule has 0 aliphatic heterocycles. The number of carbonyl (C=O) groups excluding carboxylic acids is 2. The molecule has 12 heteroatoms. The molecular weight excluding hydrogens is 618 g/mol. The second-order valence-electron chi connectivity index (χ2n) is 11.7. The molecule has 4 rings (SSSR count). The number of hydrogen-bond acceptors (Lipinski definition) is 7. The van der Waals surface area contributed by atoms with Gasteiger partial charge in [0.25, 0.3) is 0 Å². The number of hydrogen-bond donors (Lipinski definition) is 2. The molecule has 0 bridgehead atoms. The summed E-state index contributed by atoms with van der Waals surface area (Å²) in [6.07, 6.45) is 3.81. The number of ether oxygens (including phenoxy) is 2. The topological polar surface area (TPSA) is 158 Å². The summed E-state index contributed by atoms with van der Waals surface area (Å²) in [6, 6.07) is 20.4. The smallest absolute Gasteiger partial charge is 0.429 e. The molecule has 0 aromatic heterocycles. The summed E-state index contributed by atoms with van der Waals surface area (Å²) >= 11 is 0. The number of amidine groups is 1. The Balaban J connectivity index is 1.50. The Bertz CT molecular complexity index is 1650. The van der Waals surface area contributed by atoms with Gasteiger partial charge in [-0.3, -0.25) is 4.90 Å². The van der Waals surface area contributed by atoms with Crippen molar-refractivity contribution in [2.24, 2.45) is 21.8 Å². The number of nitrogens with two attached hydrogens (primary N) is 2. The summed E-state index contributed by atoms with van der Waals surface area (Å²) in [5.74, 6) is 0.697. The second kappa shape index (κ2) is 16.5. The minimum absolute atomic E-state index is 0.0161. The van der Waals surface area contributed by atoms with E-state index in [1.807, 2.05) is 24.8 Å². The summed E-state index contributed by atoms with van der Waals surface area (Å²) in [5.41, 5.74) is 8.62. The fourth-order valence-electron chi connectivity index (χ4n) is 5.90. The molecule has 3 aromatic rings. The van der Waals surface area contributed by atoms with Crippen LogP contribution in [0.1, 0.15) is 64.0 Å². The first kappa shape index (κ1) is 35.6. The van der Waals surface area contributed by atoms with Crippen LogP contribution in [0.25, 0.3) is 11.1 Å². The summed E-state index contributed by atoms with van der Waals surface area (Å²) in [5, 5.41) is 5.41. The van der Waals surface area contributed by atoms with E-state index in [-0.39, 0.29) is 17.3 Å². The number of benzene rings is 3. The van der Waals surface area contributed by atoms with Crippen LogP contribution in [0.3, 0.4) is 0 Å². The fourth-order valence-corrected chi connectivity index (χ4v) is 6.66. The number of carbonyl (C=O) groups is 2. The highest BCUT2D eigenvalue weighted by Gasteiger charge is 2.24. The van der Waals surface area contributed by atoms with Gasteiger partial charge >= 0.3 is 12.2 Å². The molecule has 0 saturated heterocycles. The van der Waals surface area contributed by atoms with Crippen molar-refractivity contribution in [1.82, 2.24) is 9.80 Å². The average Bonchev–Trinajstić information content (AvgIpc) is 3.05. The number of nitrogens with zero attached hydrogens (tertiary/aromatic N) is 3. The molecule has 1 atom stereocenters. The Morgan fingerprint density at radius 2 is 1.64 bits per heavy atom. The first-order valence-electron chi connectivity index (χ1n) is 16.1. The largest absolute Gasteiger partial charge is 0.437 e. The van der Waals surface area contributed by atoms with Crippen molar-refractivity contribution in [3.8, 4) is 16.9 Å². The third kappa shape index (κ3) is 10.1. The van der Waals surface area contributed by atoms with Crippen LogP contribution in [0.5, 0.6) is 5.75 Å². The average molecular weight is 664 g/mol. The monoisotopic (exact) mass is 663 g/mol. The summed E-state index contributed by atoms with van der Waals surface area (Å²) in [6.45, 7) is 8.01. The van der Waals surface area contributed by atoms with E-state index in [9.17, 15) is 18.0 Å². The molecule has 11 nitrogen and oxygen atoms in total. The number of rotatable bonds is 12. The highest BCUT2D eigenvalue weighted by atomic mass is 32.2. The number of sulfonamides is 1. The van der Waals surface area contributed by atoms with Crippen LogP contribution in [0.4, 0.5) is 9.59 Å². The maximum Gasteiger partial charge on any atom is 0.437 e. The molecule has 0 radical (unpaired) electrons. The molecule has 47 heavy (non-hydrogen) atoms. The number of amides is 2. The maximum absolute atomic E-state index is 13.6. The molecule has 1 unspecified atom stereocenters. The van der Waals surface area contributed by atoms with E-state index < -0.39 is 28.4 Å². The zero-order chi connectivity index (χ0) is 34.0. The molecule has 1 fully saturated rings. The maximum atomic E-state index is 13.6. The summed E-state index contributed by atoms with van der Waals surface area (Å²) < 4.78 is 35.4. The van der Waals surface area contributed by atoms with Gasteiger partial charge in [0.1, 0.15) is 11.6 Å². The van der Waals surface area contributed by atoms with Gasteiger partial charge in [-0.25, -0.2) is 23.1 Å². The van der Waals surface area contributed by atoms with E-state index in [2.05, 4.69) is 4.99 Å². The predicted molar refractivity (Wildman–Crippen MR) is 182 cm³/mol. The van der Waals surface area contributed by atoms with Crippen LogP contribution < -0.4 is 15.6 Å². The van der Waals surface area contributed by atoms with Gasteiger partial charge in [-0.1, -0.05) is 81.6 Å². The van der Waals surface area contributed by atoms with Crippen molar-refractivity contribution < 1.29 is 27.5 Å². The molecule has 1 saturated carbocycles. The lowest BCUT2D eigenvalue weighted by Gasteiger charge is -2.29. The molecule has 2 amide bonds. The zero-order valence-corrected chi connectivity index (χ0v) is 28.1. The minimum atomic E-state index is -3.92. The minimum Gasteiger partial charge on any atom is -0.429 e. The van der Waals surface area contributed by atoms with Gasteiger partial charge < -0.3 is 20.1 Å². The van der Waals surface area contributed by atoms with E-state index in [0.29, 0.717) is 34.9 Å². The fraction of sp³-hybridized carbons (Fsp3) is 0.400. The molecule has 4 N–H and O–H groups in total. The normalized spacial score (nSPS) is 14.9. The molecule has 252 valence electrons. The molecule has 3 aromatic carbocycles. The summed E-state index contributed by atoms with van der Waals surface area (Å²) in [4.78, 5) is 33.7. The molecule has 0 spiro atoms. The van der Waals surface area contributed by atoms with E-state index in [1.165, 1.54) is 12.5 Å². The lowest BCUT2D eigenvalue weighted by molar-refractivity contribution is 0.00940. The third-order valence-electron chi connectivity index (χ3n) is 8.43. The number of aliphatic imine (C=N–C) groups is 1. The summed E-state index contributed by atoms with van der Waals surface area (Å²) in [7, 11) is -3.92. The highest BCUT2D eigenvalue weighted by molar-refractivity contribution is 7.89. The van der Waals surface area contributed by atoms with Crippen molar-refractivity contribution in [2.75, 3.05) is 19.6 Å². The lowest BCUT2D eigenvalue weighted by Crippen LogP contribution is -2.37. The van der Waals surface area contributed by atoms with Crippen LogP contribution in [0, 0.1) is 5.92 Å². The Kier molecular flexibility index (Phi) is 12.5. The van der Waals surface area contributed by atoms with Crippen LogP contribution in [-0.4, -0.2) is 62.1 Å². The molecule has 1 aliphatic carbocycles. The first-order valence-corrected chi connectivity index (χ1v) is 17.6. The van der Waals surface area contributed by atoms with E-state index >= 15 is 0 Å². The van der Waals surface area contributed by atoms with Crippen LogP contribution in [-0.2, 0) is 21.3 Å². The van der Waals surface area contributed by atoms with Gasteiger partial charge in [-0.05, 0) is 74.2 Å². The third-order valence-corrected chi connectivity index (χ3v) is 9.40. The Hall–Kier alpha value is -4.26. The van der Waals surface area contributed by atoms with Crippen molar-refractivity contribution in [3.63, 3.8) is 0 Å². The molecule has 1 aliphatic rings. The van der Waals surface area contributed by atoms with Crippen LogP contribution >= 0.6 is 0 Å². The van der Waals surface area contributed by atoms with Crippen molar-refractivity contribution >= 4 is 28.0 Å². The number of primary sulfonamides is 1. The quantitative estimate of drug-likeness (QED) is 0.133. The Morgan fingerprint density at radius 1 is 0.957 bits per heavy atom. The Labute approximate surface area is 277 Å². The van der Waals surface area contributed by atoms with Crippen molar-refractivity contribution in [2.45, 2.75) is 70.5 Å². The molecule has 0 heterocycles. The van der Waals surface area contributed by atoms with Gasteiger partial charge in [0.15, 0.2) is 6.23 Å². The van der Waals surface area contributed by atoms with Gasteiger partial charge in [0.2, 0.25) is 10.0 Å². The van der Waals surface area contributed by atoms with E-state index in [4.69, 9.17) is 20.3 Å². The second-order valence-corrected chi connectivity index (χ2v) is 13.2. The predicted octanol–water partition coefficient (Wildman–Crippen LogP) is 6.11. The highest BCUT2D eigenvalue weighted by Crippen LogP contribution is 2.29.